The van der Waals surface area contributed by atoms with E-state index in [1.165, 1.54) is 4.43 Å². The molecule has 0 aromatic heterocycles. The Balaban J connectivity index is 2.08. The molecule has 0 aromatic rings. The summed E-state index contributed by atoms with van der Waals surface area (Å²) in [6.07, 6.45) is 0. The zero-order valence-corrected chi connectivity index (χ0v) is 12.0. The number of hydrogen-bond acceptors (Lipinski definition) is 3. The fourth-order valence-corrected chi connectivity index (χ4v) is 3.03. The lowest BCUT2D eigenvalue weighted by molar-refractivity contribution is 0.0380. The highest BCUT2D eigenvalue weighted by Gasteiger charge is 2.13. The second-order valence-electron chi connectivity index (χ2n) is 4.41. The predicted molar refractivity (Wildman–Crippen MR) is 72.8 cm³/mol. The molecule has 90 valence electrons. The van der Waals surface area contributed by atoms with Crippen molar-refractivity contribution < 1.29 is 4.74 Å². The van der Waals surface area contributed by atoms with Gasteiger partial charge < -0.3 is 10.1 Å². The molecule has 1 heterocycles. The van der Waals surface area contributed by atoms with Crippen molar-refractivity contribution in [2.75, 3.05) is 43.8 Å². The topological polar surface area (TPSA) is 24.5 Å². The third-order valence-corrected chi connectivity index (χ3v) is 3.86. The highest BCUT2D eigenvalue weighted by Crippen LogP contribution is 2.04. The average molecular weight is 326 g/mol. The molecule has 3 nitrogen and oxygen atoms in total. The van der Waals surface area contributed by atoms with E-state index in [0.717, 1.165) is 45.3 Å². The van der Waals surface area contributed by atoms with Crippen molar-refractivity contribution in [3.63, 3.8) is 0 Å². The van der Waals surface area contributed by atoms with E-state index in [1.807, 2.05) is 0 Å². The predicted octanol–water partition coefficient (Wildman–Crippen LogP) is 1.37. The summed E-state index contributed by atoms with van der Waals surface area (Å²) in [5, 5.41) is 3.63. The lowest BCUT2D eigenvalue weighted by Crippen LogP contribution is -2.44. The highest BCUT2D eigenvalue weighted by molar-refractivity contribution is 14.1. The van der Waals surface area contributed by atoms with E-state index in [0.29, 0.717) is 6.04 Å². The van der Waals surface area contributed by atoms with Crippen LogP contribution in [0.15, 0.2) is 0 Å². The van der Waals surface area contributed by atoms with Crippen LogP contribution in [0.2, 0.25) is 0 Å². The molecule has 0 spiro atoms. The van der Waals surface area contributed by atoms with Crippen molar-refractivity contribution in [1.82, 2.24) is 10.2 Å². The normalized spacial score (nSPS) is 20.8. The van der Waals surface area contributed by atoms with Gasteiger partial charge in [0.2, 0.25) is 0 Å². The summed E-state index contributed by atoms with van der Waals surface area (Å²) in [7, 11) is 0. The smallest absolute Gasteiger partial charge is 0.0594 e. The maximum absolute atomic E-state index is 5.32. The number of morpholine rings is 1. The SMILES string of the molecule is CC(C)C(CI)NCCN1CCOCC1. The van der Waals surface area contributed by atoms with Gasteiger partial charge in [-0.3, -0.25) is 4.90 Å². The Morgan fingerprint density at radius 2 is 2.00 bits per heavy atom. The van der Waals surface area contributed by atoms with Crippen LogP contribution in [0.25, 0.3) is 0 Å². The number of nitrogens with one attached hydrogen (secondary N) is 1. The van der Waals surface area contributed by atoms with Gasteiger partial charge in [-0.25, -0.2) is 0 Å². The van der Waals surface area contributed by atoms with E-state index < -0.39 is 0 Å². The van der Waals surface area contributed by atoms with Gasteiger partial charge in [-0.1, -0.05) is 36.4 Å². The molecule has 0 amide bonds. The zero-order valence-electron chi connectivity index (χ0n) is 9.84. The van der Waals surface area contributed by atoms with E-state index in [4.69, 9.17) is 4.74 Å². The van der Waals surface area contributed by atoms with Gasteiger partial charge in [-0.2, -0.15) is 0 Å². The van der Waals surface area contributed by atoms with Crippen LogP contribution in [0.1, 0.15) is 13.8 Å². The number of hydrogen-bond donors (Lipinski definition) is 1. The van der Waals surface area contributed by atoms with Crippen LogP contribution in [-0.2, 0) is 4.74 Å². The van der Waals surface area contributed by atoms with E-state index in [9.17, 15) is 0 Å². The van der Waals surface area contributed by atoms with E-state index in [-0.39, 0.29) is 0 Å². The summed E-state index contributed by atoms with van der Waals surface area (Å²) in [4.78, 5) is 2.47. The van der Waals surface area contributed by atoms with Gasteiger partial charge in [0.25, 0.3) is 0 Å². The molecule has 0 radical (unpaired) electrons. The molecular formula is C11H23IN2O. The van der Waals surface area contributed by atoms with Crippen LogP contribution < -0.4 is 5.32 Å². The first-order chi connectivity index (χ1) is 7.24. The quantitative estimate of drug-likeness (QED) is 0.589. The summed E-state index contributed by atoms with van der Waals surface area (Å²) < 4.78 is 6.52. The minimum atomic E-state index is 0.659. The molecule has 15 heavy (non-hydrogen) atoms. The van der Waals surface area contributed by atoms with Crippen LogP contribution in [-0.4, -0.2) is 54.8 Å². The lowest BCUT2D eigenvalue weighted by Gasteiger charge is -2.28. The maximum Gasteiger partial charge on any atom is 0.0594 e. The summed E-state index contributed by atoms with van der Waals surface area (Å²) in [5.41, 5.74) is 0. The fraction of sp³-hybridized carbons (Fsp3) is 1.00. The van der Waals surface area contributed by atoms with Crippen molar-refractivity contribution >= 4 is 22.6 Å². The Morgan fingerprint density at radius 1 is 1.33 bits per heavy atom. The Kier molecular flexibility index (Phi) is 7.12. The van der Waals surface area contributed by atoms with E-state index in [2.05, 4.69) is 46.7 Å². The van der Waals surface area contributed by atoms with Crippen LogP contribution in [0.4, 0.5) is 0 Å². The van der Waals surface area contributed by atoms with Crippen molar-refractivity contribution in [3.05, 3.63) is 0 Å². The summed E-state index contributed by atoms with van der Waals surface area (Å²) >= 11 is 2.46. The summed E-state index contributed by atoms with van der Waals surface area (Å²) in [6, 6.07) is 0.659. The summed E-state index contributed by atoms with van der Waals surface area (Å²) in [5.74, 6) is 0.728. The first kappa shape index (κ1) is 13.7. The largest absolute Gasteiger partial charge is 0.379 e. The molecule has 0 saturated carbocycles. The molecule has 1 fully saturated rings. The standard InChI is InChI=1S/C11H23IN2O/c1-10(2)11(9-12)13-3-4-14-5-7-15-8-6-14/h10-11,13H,3-9H2,1-2H3. The third-order valence-electron chi connectivity index (χ3n) is 2.91. The monoisotopic (exact) mass is 326 g/mol. The highest BCUT2D eigenvalue weighted by atomic mass is 127. The van der Waals surface area contributed by atoms with Crippen LogP contribution in [0.3, 0.4) is 0 Å². The Labute approximate surface area is 107 Å². The average Bonchev–Trinajstić information content (AvgIpc) is 2.25. The maximum atomic E-state index is 5.32. The first-order valence-electron chi connectivity index (χ1n) is 5.83. The third kappa shape index (κ3) is 5.47. The number of rotatable bonds is 6. The van der Waals surface area contributed by atoms with Gasteiger partial charge in [0, 0.05) is 36.6 Å². The molecule has 1 rings (SSSR count). The zero-order chi connectivity index (χ0) is 11.1. The van der Waals surface area contributed by atoms with Gasteiger partial charge in [-0.15, -0.1) is 0 Å². The Bertz CT molecular complexity index is 161. The number of halogens is 1. The van der Waals surface area contributed by atoms with Gasteiger partial charge in [0.15, 0.2) is 0 Å². The molecule has 0 aromatic carbocycles. The second kappa shape index (κ2) is 7.81. The van der Waals surface area contributed by atoms with Crippen molar-refractivity contribution in [3.8, 4) is 0 Å². The number of alkyl halides is 1. The first-order valence-corrected chi connectivity index (χ1v) is 7.36. The molecule has 1 atom stereocenters. The van der Waals surface area contributed by atoms with Crippen LogP contribution in [0, 0.1) is 5.92 Å². The van der Waals surface area contributed by atoms with Crippen molar-refractivity contribution in [2.45, 2.75) is 19.9 Å². The molecule has 1 aliphatic rings. The van der Waals surface area contributed by atoms with Crippen molar-refractivity contribution in [1.29, 1.82) is 0 Å². The second-order valence-corrected chi connectivity index (χ2v) is 5.29. The molecule has 0 aliphatic carbocycles. The fourth-order valence-electron chi connectivity index (χ4n) is 1.70. The molecule has 1 N–H and O–H groups in total. The van der Waals surface area contributed by atoms with Crippen LogP contribution >= 0.6 is 22.6 Å². The lowest BCUT2D eigenvalue weighted by atomic mass is 10.1. The molecule has 1 aliphatic heterocycles. The Morgan fingerprint density at radius 3 is 2.53 bits per heavy atom. The summed E-state index contributed by atoms with van der Waals surface area (Å²) in [6.45, 7) is 10.8. The number of nitrogens with zero attached hydrogens (tertiary/aromatic N) is 1. The molecule has 0 bridgehead atoms. The van der Waals surface area contributed by atoms with Gasteiger partial charge >= 0.3 is 0 Å². The van der Waals surface area contributed by atoms with E-state index in [1.54, 1.807) is 0 Å². The molecule has 4 heteroatoms. The van der Waals surface area contributed by atoms with Crippen molar-refractivity contribution in [2.24, 2.45) is 5.92 Å². The Hall–Kier alpha value is 0.610. The van der Waals surface area contributed by atoms with Crippen LogP contribution in [0.5, 0.6) is 0 Å². The van der Waals surface area contributed by atoms with Gasteiger partial charge in [0.05, 0.1) is 13.2 Å². The van der Waals surface area contributed by atoms with Gasteiger partial charge in [0.1, 0.15) is 0 Å². The minimum Gasteiger partial charge on any atom is -0.379 e. The minimum absolute atomic E-state index is 0.659. The number of ether oxygens (including phenoxy) is 1. The van der Waals surface area contributed by atoms with E-state index >= 15 is 0 Å². The molecule has 1 unspecified atom stereocenters. The molecule has 1 saturated heterocycles. The molecular weight excluding hydrogens is 303 g/mol. The van der Waals surface area contributed by atoms with Gasteiger partial charge in [-0.05, 0) is 5.92 Å².